The molecule has 1 saturated heterocycles. The van der Waals surface area contributed by atoms with E-state index in [1.807, 2.05) is 11.8 Å². The Morgan fingerprint density at radius 3 is 2.36 bits per heavy atom. The molecule has 1 heterocycles. The lowest BCUT2D eigenvalue weighted by molar-refractivity contribution is -0.138. The third-order valence-electron chi connectivity index (χ3n) is 3.21. The molecule has 0 aliphatic carbocycles. The van der Waals surface area contributed by atoms with Gasteiger partial charge in [0.2, 0.25) is 5.91 Å². The van der Waals surface area contributed by atoms with Gasteiger partial charge in [-0.05, 0) is 39.5 Å². The van der Waals surface area contributed by atoms with Gasteiger partial charge in [0.05, 0.1) is 6.04 Å². The summed E-state index contributed by atoms with van der Waals surface area (Å²) >= 11 is 0. The summed E-state index contributed by atoms with van der Waals surface area (Å²) in [5, 5.41) is 0. The van der Waals surface area contributed by atoms with Gasteiger partial charge in [0.1, 0.15) is 0 Å². The van der Waals surface area contributed by atoms with Gasteiger partial charge in [-0.2, -0.15) is 0 Å². The van der Waals surface area contributed by atoms with Crippen LogP contribution in [0.5, 0.6) is 0 Å². The Hall–Kier alpha value is -0.570. The van der Waals surface area contributed by atoms with Crippen LogP contribution in [0.2, 0.25) is 0 Å². The molecule has 1 fully saturated rings. The average molecular weight is 198 g/mol. The molecule has 2 N–H and O–H groups in total. The molecule has 0 bridgehead atoms. The van der Waals surface area contributed by atoms with E-state index in [1.165, 1.54) is 6.42 Å². The van der Waals surface area contributed by atoms with E-state index >= 15 is 0 Å². The monoisotopic (exact) mass is 198 g/mol. The fraction of sp³-hybridized carbons (Fsp3) is 0.909. The van der Waals surface area contributed by atoms with Crippen LogP contribution in [0.4, 0.5) is 0 Å². The summed E-state index contributed by atoms with van der Waals surface area (Å²) in [5.41, 5.74) is 5.78. The maximum Gasteiger partial charge on any atom is 0.239 e. The average Bonchev–Trinajstić information content (AvgIpc) is 2.16. The van der Waals surface area contributed by atoms with Gasteiger partial charge in [-0.25, -0.2) is 0 Å². The summed E-state index contributed by atoms with van der Waals surface area (Å²) in [6.45, 7) is 6.20. The molecule has 0 aromatic carbocycles. The number of carbonyl (C=O) groups is 1. The molecule has 3 atom stereocenters. The lowest BCUT2D eigenvalue weighted by atomic mass is 9.96. The van der Waals surface area contributed by atoms with Crippen LogP contribution >= 0.6 is 0 Å². The number of carbonyl (C=O) groups excluding carboxylic acids is 1. The van der Waals surface area contributed by atoms with Crippen molar-refractivity contribution in [1.29, 1.82) is 0 Å². The molecule has 3 heteroatoms. The normalized spacial score (nSPS) is 30.1. The van der Waals surface area contributed by atoms with E-state index in [1.54, 1.807) is 0 Å². The van der Waals surface area contributed by atoms with Gasteiger partial charge in [-0.15, -0.1) is 0 Å². The molecule has 82 valence electrons. The molecule has 0 spiro atoms. The Morgan fingerprint density at radius 2 is 1.93 bits per heavy atom. The second kappa shape index (κ2) is 4.78. The van der Waals surface area contributed by atoms with Crippen LogP contribution in [0.3, 0.4) is 0 Å². The van der Waals surface area contributed by atoms with Crippen molar-refractivity contribution in [3.63, 3.8) is 0 Å². The Morgan fingerprint density at radius 1 is 1.43 bits per heavy atom. The van der Waals surface area contributed by atoms with Crippen LogP contribution in [-0.2, 0) is 4.79 Å². The van der Waals surface area contributed by atoms with Crippen molar-refractivity contribution in [3.8, 4) is 0 Å². The molecule has 0 radical (unpaired) electrons. The predicted octanol–water partition coefficient (Wildman–Crippen LogP) is 1.51. The molecule has 1 amide bonds. The third-order valence-corrected chi connectivity index (χ3v) is 3.21. The molecule has 1 rings (SSSR count). The molecule has 0 aromatic rings. The van der Waals surface area contributed by atoms with Crippen molar-refractivity contribution in [3.05, 3.63) is 0 Å². The standard InChI is InChI=1S/C11H22N2O/c1-4-10(12)11(14)13-8(2)6-5-7-9(13)3/h8-10H,4-7,12H2,1-3H3/t8-,9+,10-/m1/s1. The van der Waals surface area contributed by atoms with E-state index in [4.69, 9.17) is 5.73 Å². The lowest BCUT2D eigenvalue weighted by Crippen LogP contribution is -2.53. The van der Waals surface area contributed by atoms with Gasteiger partial charge >= 0.3 is 0 Å². The highest BCUT2D eigenvalue weighted by atomic mass is 16.2. The van der Waals surface area contributed by atoms with Gasteiger partial charge in [0.25, 0.3) is 0 Å². The van der Waals surface area contributed by atoms with Gasteiger partial charge in [-0.3, -0.25) is 4.79 Å². The largest absolute Gasteiger partial charge is 0.336 e. The highest BCUT2D eigenvalue weighted by molar-refractivity contribution is 5.82. The first kappa shape index (κ1) is 11.5. The summed E-state index contributed by atoms with van der Waals surface area (Å²) in [6, 6.07) is 0.422. The van der Waals surface area contributed by atoms with E-state index in [2.05, 4.69) is 13.8 Å². The molecule has 0 aromatic heterocycles. The highest BCUT2D eigenvalue weighted by Crippen LogP contribution is 2.23. The predicted molar refractivity (Wildman–Crippen MR) is 57.9 cm³/mol. The van der Waals surface area contributed by atoms with E-state index in [-0.39, 0.29) is 11.9 Å². The molecule has 1 aliphatic heterocycles. The first-order chi connectivity index (χ1) is 6.57. The fourth-order valence-electron chi connectivity index (χ4n) is 2.22. The molecular formula is C11H22N2O. The minimum atomic E-state index is -0.307. The van der Waals surface area contributed by atoms with Crippen molar-refractivity contribution in [2.45, 2.75) is 64.6 Å². The minimum Gasteiger partial charge on any atom is -0.336 e. The van der Waals surface area contributed by atoms with Crippen molar-refractivity contribution < 1.29 is 4.79 Å². The van der Waals surface area contributed by atoms with E-state index in [0.717, 1.165) is 19.3 Å². The molecule has 0 saturated carbocycles. The lowest BCUT2D eigenvalue weighted by Gasteiger charge is -2.40. The Labute approximate surface area is 86.6 Å². The van der Waals surface area contributed by atoms with E-state index < -0.39 is 0 Å². The summed E-state index contributed by atoms with van der Waals surface area (Å²) < 4.78 is 0. The summed E-state index contributed by atoms with van der Waals surface area (Å²) in [4.78, 5) is 13.9. The van der Waals surface area contributed by atoms with E-state index in [0.29, 0.717) is 12.1 Å². The molecular weight excluding hydrogens is 176 g/mol. The quantitative estimate of drug-likeness (QED) is 0.731. The SMILES string of the molecule is CC[C@@H](N)C(=O)N1[C@H](C)CCC[C@@H]1C. The summed E-state index contributed by atoms with van der Waals surface area (Å²) in [5.74, 6) is 0.132. The first-order valence-corrected chi connectivity index (χ1v) is 5.65. The second-order valence-corrected chi connectivity index (χ2v) is 4.39. The Balaban J connectivity index is 2.67. The van der Waals surface area contributed by atoms with Crippen molar-refractivity contribution >= 4 is 5.91 Å². The number of amides is 1. The second-order valence-electron chi connectivity index (χ2n) is 4.39. The molecule has 14 heavy (non-hydrogen) atoms. The van der Waals surface area contributed by atoms with Crippen molar-refractivity contribution in [2.24, 2.45) is 5.73 Å². The van der Waals surface area contributed by atoms with Gasteiger partial charge < -0.3 is 10.6 Å². The number of nitrogens with zero attached hydrogens (tertiary/aromatic N) is 1. The number of hydrogen-bond acceptors (Lipinski definition) is 2. The maximum atomic E-state index is 12.0. The number of likely N-dealkylation sites (tertiary alicyclic amines) is 1. The first-order valence-electron chi connectivity index (χ1n) is 5.65. The van der Waals surface area contributed by atoms with Gasteiger partial charge in [-0.1, -0.05) is 6.92 Å². The fourth-order valence-corrected chi connectivity index (χ4v) is 2.22. The van der Waals surface area contributed by atoms with Gasteiger partial charge in [0.15, 0.2) is 0 Å². The van der Waals surface area contributed by atoms with Crippen LogP contribution in [0.1, 0.15) is 46.5 Å². The van der Waals surface area contributed by atoms with Crippen LogP contribution in [-0.4, -0.2) is 28.9 Å². The minimum absolute atomic E-state index is 0.132. The molecule has 1 aliphatic rings. The number of nitrogens with two attached hydrogens (primary N) is 1. The van der Waals surface area contributed by atoms with Crippen molar-refractivity contribution in [2.75, 3.05) is 0 Å². The summed E-state index contributed by atoms with van der Waals surface area (Å²) in [7, 11) is 0. The molecule has 0 unspecified atom stereocenters. The van der Waals surface area contributed by atoms with Gasteiger partial charge in [0, 0.05) is 12.1 Å². The van der Waals surface area contributed by atoms with Crippen LogP contribution in [0, 0.1) is 0 Å². The topological polar surface area (TPSA) is 46.3 Å². The zero-order valence-electron chi connectivity index (χ0n) is 9.49. The number of rotatable bonds is 2. The van der Waals surface area contributed by atoms with Crippen molar-refractivity contribution in [1.82, 2.24) is 4.90 Å². The smallest absolute Gasteiger partial charge is 0.239 e. The summed E-state index contributed by atoms with van der Waals surface area (Å²) in [6.07, 6.45) is 4.20. The number of hydrogen-bond donors (Lipinski definition) is 1. The third kappa shape index (κ3) is 2.27. The zero-order chi connectivity index (χ0) is 10.7. The Bertz CT molecular complexity index is 195. The van der Waals surface area contributed by atoms with E-state index in [9.17, 15) is 4.79 Å². The maximum absolute atomic E-state index is 12.0. The highest BCUT2D eigenvalue weighted by Gasteiger charge is 2.30. The van der Waals surface area contributed by atoms with Crippen LogP contribution < -0.4 is 5.73 Å². The van der Waals surface area contributed by atoms with Crippen LogP contribution in [0.25, 0.3) is 0 Å². The van der Waals surface area contributed by atoms with Crippen LogP contribution in [0.15, 0.2) is 0 Å². The Kier molecular flexibility index (Phi) is 3.93. The number of piperidine rings is 1. The zero-order valence-corrected chi connectivity index (χ0v) is 9.49. The molecule has 3 nitrogen and oxygen atoms in total.